The van der Waals surface area contributed by atoms with Gasteiger partial charge in [0.15, 0.2) is 11.7 Å². The van der Waals surface area contributed by atoms with Crippen LogP contribution >= 0.6 is 0 Å². The van der Waals surface area contributed by atoms with Crippen molar-refractivity contribution in [2.45, 2.75) is 13.1 Å². The summed E-state index contributed by atoms with van der Waals surface area (Å²) >= 11 is 0. The van der Waals surface area contributed by atoms with Crippen LogP contribution in [-0.4, -0.2) is 38.8 Å². The van der Waals surface area contributed by atoms with E-state index in [4.69, 9.17) is 11.3 Å². The molecule has 3 N–H and O–H groups in total. The summed E-state index contributed by atoms with van der Waals surface area (Å²) in [5.41, 5.74) is 1.81. The Hall–Kier alpha value is -1.89. The second kappa shape index (κ2) is 3.60. The maximum absolute atomic E-state index is 10.6. The van der Waals surface area contributed by atoms with Gasteiger partial charge < -0.3 is 9.47 Å². The maximum Gasteiger partial charge on any atom is 0.210 e. The zero-order chi connectivity index (χ0) is 11.9. The molecule has 0 spiro atoms. The van der Waals surface area contributed by atoms with Gasteiger partial charge in [0, 0.05) is 14.1 Å². The number of carbonyl (C=O) groups excluding carboxylic acids is 1. The van der Waals surface area contributed by atoms with E-state index in [1.807, 2.05) is 11.6 Å². The van der Waals surface area contributed by atoms with E-state index in [9.17, 15) is 4.79 Å². The van der Waals surface area contributed by atoms with Crippen molar-refractivity contribution in [3.05, 3.63) is 17.2 Å². The summed E-state index contributed by atoms with van der Waals surface area (Å²) in [4.78, 5) is 16.6. The molecule has 2 heterocycles. The van der Waals surface area contributed by atoms with E-state index in [0.717, 1.165) is 17.8 Å². The van der Waals surface area contributed by atoms with E-state index in [2.05, 4.69) is 4.98 Å². The number of amidine groups is 1. The predicted molar refractivity (Wildman–Crippen MR) is 57.3 cm³/mol. The minimum absolute atomic E-state index is 0.162. The molecular weight excluding hydrogens is 208 g/mol. The Morgan fingerprint density at radius 2 is 2.31 bits per heavy atom. The Bertz CT molecular complexity index is 449. The number of hydrogen-bond acceptors (Lipinski definition) is 4. The average Bonchev–Trinajstić information content (AvgIpc) is 2.77. The molecular formula is C9H14N6O. The van der Waals surface area contributed by atoms with Gasteiger partial charge in [-0.2, -0.15) is 0 Å². The van der Waals surface area contributed by atoms with Crippen molar-refractivity contribution in [2.24, 2.45) is 12.9 Å². The quantitative estimate of drug-likeness (QED) is 0.221. The van der Waals surface area contributed by atoms with E-state index in [0.29, 0.717) is 18.9 Å². The second-order valence-electron chi connectivity index (χ2n) is 3.86. The molecule has 16 heavy (non-hydrogen) atoms. The Kier molecular flexibility index (Phi) is 2.39. The van der Waals surface area contributed by atoms with Crippen LogP contribution in [0.3, 0.4) is 0 Å². The number of nitrogens with two attached hydrogens (primary N) is 1. The minimum Gasteiger partial charge on any atom is -0.333 e. The lowest BCUT2D eigenvalue weighted by atomic mass is 10.4. The van der Waals surface area contributed by atoms with Gasteiger partial charge in [0.1, 0.15) is 0 Å². The number of carbonyl (C=O) groups is 1. The van der Waals surface area contributed by atoms with Crippen LogP contribution in [0.15, 0.2) is 0 Å². The first-order valence-corrected chi connectivity index (χ1v) is 4.85. The molecule has 1 aromatic rings. The second-order valence-corrected chi connectivity index (χ2v) is 3.86. The standard InChI is InChI=1S/C9H14N6O/c1-13-7-4-15(5-16)3-6(7)12-9(13)8(10)14(2)11/h5,10H,3-4,11H2,1-2H3. The lowest BCUT2D eigenvalue weighted by Crippen LogP contribution is -2.35. The van der Waals surface area contributed by atoms with E-state index in [-0.39, 0.29) is 5.84 Å². The number of nitrogens with zero attached hydrogens (tertiary/aromatic N) is 4. The molecule has 1 aromatic heterocycles. The summed E-state index contributed by atoms with van der Waals surface area (Å²) < 4.78 is 1.81. The van der Waals surface area contributed by atoms with Crippen LogP contribution < -0.4 is 5.84 Å². The van der Waals surface area contributed by atoms with Crippen molar-refractivity contribution in [2.75, 3.05) is 7.05 Å². The topological polar surface area (TPSA) is 91.2 Å². The third kappa shape index (κ3) is 1.45. The Morgan fingerprint density at radius 1 is 1.62 bits per heavy atom. The average molecular weight is 222 g/mol. The number of fused-ring (bicyclic) bond motifs is 1. The molecule has 0 aliphatic carbocycles. The van der Waals surface area contributed by atoms with Gasteiger partial charge >= 0.3 is 0 Å². The van der Waals surface area contributed by atoms with Gasteiger partial charge in [-0.25, -0.2) is 10.8 Å². The van der Waals surface area contributed by atoms with E-state index in [1.165, 1.54) is 5.01 Å². The number of imidazole rings is 1. The van der Waals surface area contributed by atoms with Crippen LogP contribution in [0.2, 0.25) is 0 Å². The number of hydrogen-bond donors (Lipinski definition) is 2. The highest BCUT2D eigenvalue weighted by Crippen LogP contribution is 2.21. The molecule has 0 saturated heterocycles. The van der Waals surface area contributed by atoms with Gasteiger partial charge in [-0.3, -0.25) is 15.2 Å². The van der Waals surface area contributed by atoms with Crippen LogP contribution in [-0.2, 0) is 24.9 Å². The summed E-state index contributed by atoms with van der Waals surface area (Å²) in [6.45, 7) is 1.05. The van der Waals surface area contributed by atoms with Gasteiger partial charge in [-0.05, 0) is 0 Å². The van der Waals surface area contributed by atoms with Crippen molar-refractivity contribution in [3.63, 3.8) is 0 Å². The van der Waals surface area contributed by atoms with Crippen molar-refractivity contribution < 1.29 is 4.79 Å². The fourth-order valence-electron chi connectivity index (χ4n) is 1.80. The summed E-state index contributed by atoms with van der Waals surface area (Å²) in [5, 5.41) is 8.98. The number of aromatic nitrogens is 2. The molecule has 0 unspecified atom stereocenters. The van der Waals surface area contributed by atoms with Crippen molar-refractivity contribution in [3.8, 4) is 0 Å². The predicted octanol–water partition coefficient (Wildman–Crippen LogP) is -0.977. The molecule has 0 saturated carbocycles. The third-order valence-electron chi connectivity index (χ3n) is 2.72. The largest absolute Gasteiger partial charge is 0.333 e. The van der Waals surface area contributed by atoms with Crippen LogP contribution in [0.5, 0.6) is 0 Å². The smallest absolute Gasteiger partial charge is 0.210 e. The molecule has 0 fully saturated rings. The number of rotatable bonds is 2. The van der Waals surface area contributed by atoms with Crippen LogP contribution in [0.1, 0.15) is 17.2 Å². The molecule has 1 aliphatic heterocycles. The number of hydrazine groups is 1. The van der Waals surface area contributed by atoms with Crippen LogP contribution in [0, 0.1) is 5.41 Å². The SMILES string of the molecule is CN(N)C(=N)c1nc2c(n1C)CN(C=O)C2. The van der Waals surface area contributed by atoms with Crippen molar-refractivity contribution in [1.29, 1.82) is 5.41 Å². The van der Waals surface area contributed by atoms with Gasteiger partial charge in [-0.15, -0.1) is 0 Å². The van der Waals surface area contributed by atoms with E-state index >= 15 is 0 Å². The fraction of sp³-hybridized carbons (Fsp3) is 0.444. The monoisotopic (exact) mass is 222 g/mol. The molecule has 0 aromatic carbocycles. The zero-order valence-electron chi connectivity index (χ0n) is 9.27. The molecule has 0 radical (unpaired) electrons. The lowest BCUT2D eigenvalue weighted by Gasteiger charge is -2.14. The minimum atomic E-state index is 0.162. The summed E-state index contributed by atoms with van der Waals surface area (Å²) in [7, 11) is 3.42. The first-order valence-electron chi connectivity index (χ1n) is 4.85. The zero-order valence-corrected chi connectivity index (χ0v) is 9.27. The Labute approximate surface area is 92.9 Å². The Balaban J connectivity index is 2.34. The van der Waals surface area contributed by atoms with Crippen LogP contribution in [0.25, 0.3) is 0 Å². The molecule has 1 aliphatic rings. The normalized spacial score (nSPS) is 13.8. The first kappa shape index (κ1) is 10.6. The molecule has 7 nitrogen and oxygen atoms in total. The van der Waals surface area contributed by atoms with E-state index < -0.39 is 0 Å². The van der Waals surface area contributed by atoms with Gasteiger partial charge in [0.05, 0.1) is 24.5 Å². The molecule has 86 valence electrons. The van der Waals surface area contributed by atoms with Gasteiger partial charge in [0.2, 0.25) is 6.41 Å². The van der Waals surface area contributed by atoms with E-state index in [1.54, 1.807) is 11.9 Å². The molecule has 0 atom stereocenters. The highest BCUT2D eigenvalue weighted by Gasteiger charge is 2.26. The number of nitrogens with one attached hydrogen (secondary N) is 1. The van der Waals surface area contributed by atoms with Gasteiger partial charge in [-0.1, -0.05) is 0 Å². The third-order valence-corrected chi connectivity index (χ3v) is 2.72. The molecule has 1 amide bonds. The Morgan fingerprint density at radius 3 is 2.81 bits per heavy atom. The van der Waals surface area contributed by atoms with Crippen molar-refractivity contribution >= 4 is 12.2 Å². The number of amides is 1. The van der Waals surface area contributed by atoms with Crippen LogP contribution in [0.4, 0.5) is 0 Å². The van der Waals surface area contributed by atoms with Gasteiger partial charge in [0.25, 0.3) is 0 Å². The fourth-order valence-corrected chi connectivity index (χ4v) is 1.80. The molecule has 2 rings (SSSR count). The van der Waals surface area contributed by atoms with Crippen molar-refractivity contribution in [1.82, 2.24) is 19.5 Å². The first-order chi connectivity index (χ1) is 7.54. The summed E-state index contributed by atoms with van der Waals surface area (Å²) in [6, 6.07) is 0. The summed E-state index contributed by atoms with van der Waals surface area (Å²) in [6.07, 6.45) is 0.807. The highest BCUT2D eigenvalue weighted by molar-refractivity contribution is 5.92. The highest BCUT2D eigenvalue weighted by atomic mass is 16.1. The molecule has 0 bridgehead atoms. The molecule has 7 heteroatoms. The summed E-state index contributed by atoms with van der Waals surface area (Å²) in [5.74, 6) is 6.19. The lowest BCUT2D eigenvalue weighted by molar-refractivity contribution is -0.118. The maximum atomic E-state index is 10.6.